The second kappa shape index (κ2) is 8.44. The number of aliphatic carboxylic acids is 1. The van der Waals surface area contributed by atoms with Gasteiger partial charge >= 0.3 is 5.97 Å². The van der Waals surface area contributed by atoms with Gasteiger partial charge in [0.25, 0.3) is 0 Å². The van der Waals surface area contributed by atoms with E-state index in [0.717, 1.165) is 11.1 Å². The summed E-state index contributed by atoms with van der Waals surface area (Å²) in [6.07, 6.45) is 2.68. The van der Waals surface area contributed by atoms with E-state index in [1.54, 1.807) is 12.4 Å². The standard InChI is InChI=1S/C19H20N2O5/c22-18(21-7-8-25-17(12-21)19(23)24)10-14-3-1-5-16(9-14)26-13-15-4-2-6-20-11-15/h1-6,9,11,17H,7-8,10,12-13H2,(H,23,24). The maximum absolute atomic E-state index is 12.5. The van der Waals surface area contributed by atoms with Crippen LogP contribution in [0.3, 0.4) is 0 Å². The lowest BCUT2D eigenvalue weighted by molar-refractivity contribution is -0.159. The lowest BCUT2D eigenvalue weighted by Crippen LogP contribution is -2.49. The first kappa shape index (κ1) is 17.9. The quantitative estimate of drug-likeness (QED) is 0.844. The molecule has 3 rings (SSSR count). The van der Waals surface area contributed by atoms with Crippen LogP contribution in [-0.2, 0) is 27.4 Å². The lowest BCUT2D eigenvalue weighted by atomic mass is 10.1. The minimum atomic E-state index is -1.05. The minimum absolute atomic E-state index is 0.0748. The van der Waals surface area contributed by atoms with Gasteiger partial charge in [0.05, 0.1) is 19.6 Å². The Morgan fingerprint density at radius 2 is 2.12 bits per heavy atom. The van der Waals surface area contributed by atoms with Crippen LogP contribution in [0.5, 0.6) is 5.75 Å². The number of rotatable bonds is 6. The van der Waals surface area contributed by atoms with E-state index in [-0.39, 0.29) is 25.5 Å². The van der Waals surface area contributed by atoms with Crippen molar-refractivity contribution in [2.24, 2.45) is 0 Å². The van der Waals surface area contributed by atoms with Crippen LogP contribution in [0.25, 0.3) is 0 Å². The highest BCUT2D eigenvalue weighted by Crippen LogP contribution is 2.17. The molecule has 0 bridgehead atoms. The molecule has 1 aliphatic rings. The van der Waals surface area contributed by atoms with E-state index in [4.69, 9.17) is 14.6 Å². The van der Waals surface area contributed by atoms with Gasteiger partial charge in [0, 0.05) is 24.5 Å². The smallest absolute Gasteiger partial charge is 0.334 e. The van der Waals surface area contributed by atoms with Gasteiger partial charge in [-0.3, -0.25) is 9.78 Å². The molecule has 0 spiro atoms. The van der Waals surface area contributed by atoms with Crippen LogP contribution in [-0.4, -0.2) is 52.7 Å². The Kier molecular flexibility index (Phi) is 5.80. The first-order valence-corrected chi connectivity index (χ1v) is 8.34. The molecular weight excluding hydrogens is 336 g/mol. The summed E-state index contributed by atoms with van der Waals surface area (Å²) in [5.41, 5.74) is 1.78. The minimum Gasteiger partial charge on any atom is -0.489 e. The number of carbonyl (C=O) groups is 2. The van der Waals surface area contributed by atoms with Crippen molar-refractivity contribution in [1.29, 1.82) is 0 Å². The number of nitrogens with zero attached hydrogens (tertiary/aromatic N) is 2. The average molecular weight is 356 g/mol. The first-order chi connectivity index (χ1) is 12.6. The highest BCUT2D eigenvalue weighted by Gasteiger charge is 2.28. The highest BCUT2D eigenvalue weighted by molar-refractivity contribution is 5.80. The number of carboxylic acid groups (broad SMARTS) is 1. The monoisotopic (exact) mass is 356 g/mol. The summed E-state index contributed by atoms with van der Waals surface area (Å²) >= 11 is 0. The Morgan fingerprint density at radius 3 is 2.88 bits per heavy atom. The molecule has 7 heteroatoms. The third-order valence-electron chi connectivity index (χ3n) is 4.08. The van der Waals surface area contributed by atoms with Crippen molar-refractivity contribution >= 4 is 11.9 Å². The highest BCUT2D eigenvalue weighted by atomic mass is 16.5. The van der Waals surface area contributed by atoms with Crippen molar-refractivity contribution in [1.82, 2.24) is 9.88 Å². The number of benzene rings is 1. The molecule has 1 amide bonds. The van der Waals surface area contributed by atoms with E-state index in [1.807, 2.05) is 36.4 Å². The second-order valence-corrected chi connectivity index (χ2v) is 6.01. The fourth-order valence-electron chi connectivity index (χ4n) is 2.71. The van der Waals surface area contributed by atoms with Crippen molar-refractivity contribution in [2.75, 3.05) is 19.7 Å². The van der Waals surface area contributed by atoms with Gasteiger partial charge in [0.2, 0.25) is 5.91 Å². The molecule has 136 valence electrons. The molecule has 1 aromatic carbocycles. The molecule has 26 heavy (non-hydrogen) atoms. The molecule has 7 nitrogen and oxygen atoms in total. The van der Waals surface area contributed by atoms with Gasteiger partial charge in [-0.15, -0.1) is 0 Å². The van der Waals surface area contributed by atoms with Crippen molar-refractivity contribution in [3.8, 4) is 5.75 Å². The van der Waals surface area contributed by atoms with Gasteiger partial charge in [-0.2, -0.15) is 0 Å². The second-order valence-electron chi connectivity index (χ2n) is 6.01. The molecule has 1 fully saturated rings. The summed E-state index contributed by atoms with van der Waals surface area (Å²) in [6.45, 7) is 1.11. The van der Waals surface area contributed by atoms with Gasteiger partial charge in [0.15, 0.2) is 6.10 Å². The van der Waals surface area contributed by atoms with E-state index in [0.29, 0.717) is 18.9 Å². The van der Waals surface area contributed by atoms with Gasteiger partial charge in [-0.05, 0) is 23.8 Å². The van der Waals surface area contributed by atoms with E-state index >= 15 is 0 Å². The zero-order chi connectivity index (χ0) is 18.4. The molecule has 0 radical (unpaired) electrons. The predicted octanol–water partition coefficient (Wildman–Crippen LogP) is 1.52. The molecule has 2 aromatic rings. The van der Waals surface area contributed by atoms with Crippen molar-refractivity contribution in [3.63, 3.8) is 0 Å². The summed E-state index contributed by atoms with van der Waals surface area (Å²) in [5, 5.41) is 9.03. The summed E-state index contributed by atoms with van der Waals surface area (Å²) < 4.78 is 10.9. The van der Waals surface area contributed by atoms with Gasteiger partial charge in [-0.1, -0.05) is 18.2 Å². The molecule has 0 aliphatic carbocycles. The molecule has 0 saturated carbocycles. The van der Waals surface area contributed by atoms with Gasteiger partial charge in [0.1, 0.15) is 12.4 Å². The van der Waals surface area contributed by atoms with Crippen LogP contribution in [0.2, 0.25) is 0 Å². The molecule has 1 atom stereocenters. The Labute approximate surface area is 151 Å². The van der Waals surface area contributed by atoms with Crippen LogP contribution in [0.4, 0.5) is 0 Å². The van der Waals surface area contributed by atoms with E-state index in [2.05, 4.69) is 4.98 Å². The molecule has 1 saturated heterocycles. The fraction of sp³-hybridized carbons (Fsp3) is 0.316. The SMILES string of the molecule is O=C(O)C1CN(C(=O)Cc2cccc(OCc3cccnc3)c2)CCO1. The third-order valence-corrected chi connectivity index (χ3v) is 4.08. The number of carbonyl (C=O) groups excluding carboxylic acids is 1. The number of amides is 1. The summed E-state index contributed by atoms with van der Waals surface area (Å²) in [6, 6.07) is 11.1. The zero-order valence-electron chi connectivity index (χ0n) is 14.2. The Bertz CT molecular complexity index is 766. The van der Waals surface area contributed by atoms with Crippen LogP contribution in [0.15, 0.2) is 48.8 Å². The van der Waals surface area contributed by atoms with Crippen LogP contribution in [0.1, 0.15) is 11.1 Å². The Morgan fingerprint density at radius 1 is 1.27 bits per heavy atom. The van der Waals surface area contributed by atoms with E-state index < -0.39 is 12.1 Å². The predicted molar refractivity (Wildman–Crippen MR) is 92.7 cm³/mol. The van der Waals surface area contributed by atoms with Crippen molar-refractivity contribution in [2.45, 2.75) is 19.1 Å². The molecule has 2 heterocycles. The van der Waals surface area contributed by atoms with Gasteiger partial charge < -0.3 is 19.5 Å². The molecule has 1 aromatic heterocycles. The number of morpholine rings is 1. The molecule has 1 N–H and O–H groups in total. The summed E-state index contributed by atoms with van der Waals surface area (Å²) in [4.78, 5) is 29.1. The van der Waals surface area contributed by atoms with Gasteiger partial charge in [-0.25, -0.2) is 4.79 Å². The summed E-state index contributed by atoms with van der Waals surface area (Å²) in [7, 11) is 0. The summed E-state index contributed by atoms with van der Waals surface area (Å²) in [5.74, 6) is -0.498. The number of aromatic nitrogens is 1. The van der Waals surface area contributed by atoms with E-state index in [9.17, 15) is 9.59 Å². The lowest BCUT2D eigenvalue weighted by Gasteiger charge is -2.31. The molecular formula is C19H20N2O5. The van der Waals surface area contributed by atoms with Crippen molar-refractivity contribution in [3.05, 3.63) is 59.9 Å². The number of hydrogen-bond donors (Lipinski definition) is 1. The first-order valence-electron chi connectivity index (χ1n) is 8.34. The zero-order valence-corrected chi connectivity index (χ0v) is 14.2. The number of carboxylic acids is 1. The van der Waals surface area contributed by atoms with Crippen molar-refractivity contribution < 1.29 is 24.2 Å². The largest absolute Gasteiger partial charge is 0.489 e. The maximum Gasteiger partial charge on any atom is 0.334 e. The number of ether oxygens (including phenoxy) is 2. The average Bonchev–Trinajstić information content (AvgIpc) is 2.67. The maximum atomic E-state index is 12.5. The fourth-order valence-corrected chi connectivity index (χ4v) is 2.71. The number of hydrogen-bond acceptors (Lipinski definition) is 5. The number of pyridine rings is 1. The van der Waals surface area contributed by atoms with E-state index in [1.165, 1.54) is 4.90 Å². The normalized spacial score (nSPS) is 16.9. The third kappa shape index (κ3) is 4.80. The van der Waals surface area contributed by atoms with Crippen LogP contribution in [0, 0.1) is 0 Å². The Hall–Kier alpha value is -2.93. The topological polar surface area (TPSA) is 89.0 Å². The Balaban J connectivity index is 1.57. The molecule has 1 unspecified atom stereocenters. The molecule has 1 aliphatic heterocycles. The van der Waals surface area contributed by atoms with Crippen LogP contribution >= 0.6 is 0 Å². The van der Waals surface area contributed by atoms with Crippen LogP contribution < -0.4 is 4.74 Å².